The molecule has 0 unspecified atom stereocenters. The monoisotopic (exact) mass is 927 g/mol. The molecule has 0 radical (unpaired) electrons. The molecule has 0 atom stereocenters. The van der Waals surface area contributed by atoms with Gasteiger partial charge in [-0.3, -0.25) is 9.36 Å². The molecule has 0 aliphatic rings. The first kappa shape index (κ1) is 52.0. The molecule has 3 heterocycles. The Morgan fingerprint density at radius 1 is 0.582 bits per heavy atom. The third-order valence-electron chi connectivity index (χ3n) is 9.14. The first-order valence-corrected chi connectivity index (χ1v) is 40.1. The fourth-order valence-corrected chi connectivity index (χ4v) is 25.2. The Kier molecular flexibility index (Phi) is 25.4. The van der Waals surface area contributed by atoms with E-state index >= 15 is 0 Å². The second-order valence-electron chi connectivity index (χ2n) is 19.2. The van der Waals surface area contributed by atoms with Gasteiger partial charge in [-0.15, -0.1) is 0 Å². The number of nitrogens with zero attached hydrogens (tertiary/aromatic N) is 6. The van der Waals surface area contributed by atoms with E-state index in [1.165, 1.54) is 63.2 Å². The van der Waals surface area contributed by atoms with Crippen molar-refractivity contribution in [1.82, 2.24) is 29.3 Å². The summed E-state index contributed by atoms with van der Waals surface area (Å²) in [7, 11) is -3.22. The van der Waals surface area contributed by atoms with Crippen molar-refractivity contribution in [2.24, 2.45) is 0 Å². The summed E-state index contributed by atoms with van der Waals surface area (Å²) >= 11 is -2.42. The molecule has 0 aliphatic carbocycles. The smallest absolute Gasteiger partial charge is 0.0746 e. The van der Waals surface area contributed by atoms with Gasteiger partial charge in [0.1, 0.15) is 0 Å². The van der Waals surface area contributed by atoms with Crippen LogP contribution in [0.3, 0.4) is 0 Å². The maximum Gasteiger partial charge on any atom is 0.0746 e. The van der Waals surface area contributed by atoms with Crippen LogP contribution in [0.4, 0.5) is 0 Å². The van der Waals surface area contributed by atoms with Gasteiger partial charge in [-0.25, -0.2) is 0 Å². The average molecular weight is 926 g/mol. The maximum atomic E-state index is 6.05. The van der Waals surface area contributed by atoms with E-state index in [9.17, 15) is 0 Å². The van der Waals surface area contributed by atoms with E-state index < -0.39 is 42.6 Å². The number of aromatic nitrogens is 6. The summed E-state index contributed by atoms with van der Waals surface area (Å²) in [6.45, 7) is 39.3. The second-order valence-corrected chi connectivity index (χ2v) is 48.5. The second kappa shape index (κ2) is 26.9. The van der Waals surface area contributed by atoms with Crippen LogP contribution in [0, 0.1) is 20.8 Å². The maximum absolute atomic E-state index is 6.05. The molecule has 0 spiro atoms. The molecule has 0 N–H and O–H groups in total. The van der Waals surface area contributed by atoms with Crippen molar-refractivity contribution < 1.29 is 14.2 Å². The molecule has 0 bridgehead atoms. The Morgan fingerprint density at radius 2 is 1.04 bits per heavy atom. The zero-order valence-corrected chi connectivity index (χ0v) is 44.4. The quantitative estimate of drug-likeness (QED) is 0.0622. The standard InChI is InChI=1S/C10H20N2OSi.C10H19N2OSi.C10H20N2OSi.3C4H9.Sn/c2*1-10-5-6-12(11-10)7-8-13-9-14(2,3)4;1-10-5-6-11-12(10)7-8-13-9-14(2,3)4;3*1-3-4-2;/h5-6H,7-9H2,1-4H3;5H,7-9H2,1-4H3;5-6H,7-9H2,1-4H3;3*1,3-4H2,2H3;. The Labute approximate surface area is 346 Å². The van der Waals surface area contributed by atoms with Crippen molar-refractivity contribution in [2.45, 2.75) is 172 Å². The third-order valence-corrected chi connectivity index (χ3v) is 27.8. The first-order valence-electron chi connectivity index (χ1n) is 21.5. The molecule has 3 aromatic heterocycles. The number of hydrogen-bond acceptors (Lipinski definition) is 6. The molecule has 13 heteroatoms. The zero-order chi connectivity index (χ0) is 41.5. The third kappa shape index (κ3) is 24.5. The van der Waals surface area contributed by atoms with Crippen LogP contribution in [0.25, 0.3) is 0 Å². The van der Waals surface area contributed by atoms with E-state index in [2.05, 4.69) is 114 Å². The molecule has 0 aromatic carbocycles. The number of hydrogen-bond donors (Lipinski definition) is 0. The number of rotatable bonds is 25. The van der Waals surface area contributed by atoms with E-state index in [0.717, 1.165) is 63.8 Å². The Balaban J connectivity index is 0.000000453. The van der Waals surface area contributed by atoms with E-state index in [-0.39, 0.29) is 0 Å². The zero-order valence-electron chi connectivity index (χ0n) is 38.5. The molecular weight excluding hydrogens is 839 g/mol. The summed E-state index contributed by atoms with van der Waals surface area (Å²) in [5, 5.41) is 13.4. The fourth-order valence-electron chi connectivity index (χ4n) is 6.26. The van der Waals surface area contributed by atoms with Gasteiger partial charge < -0.3 is 9.47 Å². The minimum absolute atomic E-state index is 0.769. The molecule has 0 aliphatic heterocycles. The number of aryl methyl sites for hydroxylation is 3. The van der Waals surface area contributed by atoms with Gasteiger partial charge >= 0.3 is 175 Å². The van der Waals surface area contributed by atoms with E-state index in [0.29, 0.717) is 0 Å². The molecule has 0 fully saturated rings. The van der Waals surface area contributed by atoms with Crippen molar-refractivity contribution in [2.75, 3.05) is 38.5 Å². The molecule has 55 heavy (non-hydrogen) atoms. The predicted octanol–water partition coefficient (Wildman–Crippen LogP) is 10.3. The van der Waals surface area contributed by atoms with E-state index in [1.54, 1.807) is 3.71 Å². The Bertz CT molecular complexity index is 1390. The van der Waals surface area contributed by atoms with Gasteiger partial charge in [-0.05, 0) is 26.0 Å². The summed E-state index contributed by atoms with van der Waals surface area (Å²) in [6.07, 6.45) is 14.8. The van der Waals surface area contributed by atoms with Gasteiger partial charge in [0, 0.05) is 30.5 Å². The van der Waals surface area contributed by atoms with Crippen LogP contribution in [0.15, 0.2) is 30.6 Å². The first-order chi connectivity index (χ1) is 25.7. The summed E-state index contributed by atoms with van der Waals surface area (Å²) in [6, 6.07) is 6.49. The molecule has 3 rings (SSSR count). The fraction of sp³-hybridized carbons (Fsp3) is 0.786. The van der Waals surface area contributed by atoms with Gasteiger partial charge in [0.25, 0.3) is 0 Å². The molecule has 0 saturated heterocycles. The van der Waals surface area contributed by atoms with Crippen molar-refractivity contribution in [1.29, 1.82) is 0 Å². The average Bonchev–Trinajstić information content (AvgIpc) is 3.82. The van der Waals surface area contributed by atoms with E-state index in [1.807, 2.05) is 40.8 Å². The van der Waals surface area contributed by atoms with Crippen molar-refractivity contribution in [3.8, 4) is 0 Å². The van der Waals surface area contributed by atoms with Crippen molar-refractivity contribution in [3.63, 3.8) is 0 Å². The Hall–Kier alpha value is -1.04. The molecular formula is C42H86N6O3Si3Sn. The van der Waals surface area contributed by atoms with Crippen LogP contribution in [-0.4, -0.2) is 110 Å². The molecule has 0 amide bonds. The SMILES string of the molecule is CCC[CH2][Sn]([CH2]CCC)([CH2]CCC)[c]1cc(C)nn1CCOC[Si](C)(C)C.Cc1ccn(CCOC[Si](C)(C)C)n1.Cc1ccnn1CCOC[Si](C)(C)C. The van der Waals surface area contributed by atoms with Gasteiger partial charge in [0.05, 0.1) is 48.1 Å². The Morgan fingerprint density at radius 3 is 1.42 bits per heavy atom. The minimum Gasteiger partial charge on any atom is -0.383 e. The topological polar surface area (TPSA) is 81.2 Å². The van der Waals surface area contributed by atoms with Crippen LogP contribution < -0.4 is 3.71 Å². The summed E-state index contributed by atoms with van der Waals surface area (Å²) in [4.78, 5) is 0. The summed E-state index contributed by atoms with van der Waals surface area (Å²) in [5.41, 5.74) is 3.47. The summed E-state index contributed by atoms with van der Waals surface area (Å²) < 4.78 is 29.8. The molecule has 318 valence electrons. The van der Waals surface area contributed by atoms with Crippen molar-refractivity contribution >= 4 is 46.3 Å². The number of unbranched alkanes of at least 4 members (excludes halogenated alkanes) is 3. The summed E-state index contributed by atoms with van der Waals surface area (Å²) in [5.74, 6) is 0. The van der Waals surface area contributed by atoms with Crippen LogP contribution in [-0.2, 0) is 33.8 Å². The molecule has 0 saturated carbocycles. The predicted molar refractivity (Wildman–Crippen MR) is 248 cm³/mol. The van der Waals surface area contributed by atoms with Gasteiger partial charge in [0.2, 0.25) is 0 Å². The van der Waals surface area contributed by atoms with Gasteiger partial charge in [-0.1, -0.05) is 39.3 Å². The van der Waals surface area contributed by atoms with Crippen LogP contribution in [0.1, 0.15) is 76.4 Å². The van der Waals surface area contributed by atoms with Crippen LogP contribution in [0.2, 0.25) is 72.2 Å². The normalized spacial score (nSPS) is 12.3. The van der Waals surface area contributed by atoms with E-state index in [4.69, 9.17) is 19.3 Å². The van der Waals surface area contributed by atoms with Crippen LogP contribution >= 0.6 is 0 Å². The van der Waals surface area contributed by atoms with Crippen LogP contribution in [0.5, 0.6) is 0 Å². The van der Waals surface area contributed by atoms with Gasteiger partial charge in [-0.2, -0.15) is 10.2 Å². The van der Waals surface area contributed by atoms with Crippen molar-refractivity contribution in [3.05, 3.63) is 47.7 Å². The van der Waals surface area contributed by atoms with Gasteiger partial charge in [0.15, 0.2) is 0 Å². The molecule has 9 nitrogen and oxygen atoms in total. The molecule has 3 aromatic rings. The minimum atomic E-state index is -2.42. The number of ether oxygens (including phenoxy) is 3. The largest absolute Gasteiger partial charge is 0.383 e.